The van der Waals surface area contributed by atoms with Gasteiger partial charge in [-0.05, 0) is 18.8 Å². The number of hydrogen-bond donors (Lipinski definition) is 1. The molecule has 1 N–H and O–H groups in total. The van der Waals surface area contributed by atoms with E-state index in [4.69, 9.17) is 5.11 Å². The second-order valence-corrected chi connectivity index (χ2v) is 4.59. The Bertz CT molecular complexity index is 204. The van der Waals surface area contributed by atoms with E-state index in [0.717, 1.165) is 19.3 Å². The number of carbonyl (C=O) groups is 1. The molecule has 3 atom stereocenters. The largest absolute Gasteiger partial charge is 0.481 e. The second kappa shape index (κ2) is 2.22. The molecule has 0 bridgehead atoms. The summed E-state index contributed by atoms with van der Waals surface area (Å²) in [5.74, 6) is -0.169. The zero-order valence-electron chi connectivity index (χ0n) is 6.22. The van der Waals surface area contributed by atoms with Crippen molar-refractivity contribution in [2.24, 2.45) is 11.3 Å². The van der Waals surface area contributed by atoms with Crippen LogP contribution >= 0.6 is 15.9 Å². The maximum Gasteiger partial charge on any atom is 0.311 e. The van der Waals surface area contributed by atoms with Crippen LogP contribution in [0.15, 0.2) is 0 Å². The summed E-state index contributed by atoms with van der Waals surface area (Å²) in [5.41, 5.74) is -0.363. The first-order valence-electron chi connectivity index (χ1n) is 4.07. The van der Waals surface area contributed by atoms with E-state index in [9.17, 15) is 4.79 Å². The van der Waals surface area contributed by atoms with E-state index < -0.39 is 5.97 Å². The van der Waals surface area contributed by atoms with Gasteiger partial charge in [-0.15, -0.1) is 0 Å². The molecule has 2 rings (SSSR count). The molecule has 3 heteroatoms. The Morgan fingerprint density at radius 3 is 2.73 bits per heavy atom. The molecular weight excluding hydrogens is 208 g/mol. The molecule has 0 radical (unpaired) electrons. The minimum atomic E-state index is -0.593. The van der Waals surface area contributed by atoms with Crippen molar-refractivity contribution < 1.29 is 9.90 Å². The molecule has 2 aliphatic carbocycles. The molecule has 0 aromatic rings. The number of alkyl halides is 1. The Labute approximate surface area is 74.1 Å². The van der Waals surface area contributed by atoms with Gasteiger partial charge in [0.25, 0.3) is 0 Å². The van der Waals surface area contributed by atoms with Gasteiger partial charge in [-0.2, -0.15) is 0 Å². The van der Waals surface area contributed by atoms with Gasteiger partial charge >= 0.3 is 5.97 Å². The minimum Gasteiger partial charge on any atom is -0.481 e. The monoisotopic (exact) mass is 218 g/mol. The van der Waals surface area contributed by atoms with Gasteiger partial charge in [0.05, 0.1) is 5.41 Å². The Balaban J connectivity index is 2.20. The zero-order chi connectivity index (χ0) is 8.06. The molecule has 2 saturated carbocycles. The number of rotatable bonds is 1. The fourth-order valence-electron chi connectivity index (χ4n) is 2.36. The van der Waals surface area contributed by atoms with Crippen LogP contribution in [-0.4, -0.2) is 15.9 Å². The van der Waals surface area contributed by atoms with Gasteiger partial charge < -0.3 is 5.11 Å². The maximum atomic E-state index is 10.9. The predicted molar refractivity (Wildman–Crippen MR) is 44.7 cm³/mol. The zero-order valence-corrected chi connectivity index (χ0v) is 7.80. The molecule has 0 aliphatic heterocycles. The summed E-state index contributed by atoms with van der Waals surface area (Å²) in [6, 6.07) is 0. The molecule has 0 aromatic heterocycles. The van der Waals surface area contributed by atoms with Crippen LogP contribution in [0.5, 0.6) is 0 Å². The van der Waals surface area contributed by atoms with E-state index in [1.54, 1.807) is 0 Å². The SMILES string of the molecule is O=C(O)[C@]12CCCC[C@H]1[C@@H]2Br. The van der Waals surface area contributed by atoms with E-state index in [2.05, 4.69) is 15.9 Å². The summed E-state index contributed by atoms with van der Waals surface area (Å²) < 4.78 is 0. The lowest BCUT2D eigenvalue weighted by molar-refractivity contribution is -0.144. The number of halogens is 1. The van der Waals surface area contributed by atoms with Crippen molar-refractivity contribution in [3.05, 3.63) is 0 Å². The molecule has 2 aliphatic rings. The van der Waals surface area contributed by atoms with Gasteiger partial charge in [0.2, 0.25) is 0 Å². The Kier molecular flexibility index (Phi) is 1.53. The Morgan fingerprint density at radius 1 is 1.55 bits per heavy atom. The first-order valence-corrected chi connectivity index (χ1v) is 4.98. The molecule has 0 heterocycles. The quantitative estimate of drug-likeness (QED) is 0.685. The lowest BCUT2D eigenvalue weighted by Crippen LogP contribution is -2.21. The molecule has 0 spiro atoms. The normalized spacial score (nSPS) is 48.1. The average Bonchev–Trinajstić information content (AvgIpc) is 2.60. The third-order valence-corrected chi connectivity index (χ3v) is 4.61. The van der Waals surface area contributed by atoms with Crippen molar-refractivity contribution in [1.29, 1.82) is 0 Å². The fraction of sp³-hybridized carbons (Fsp3) is 0.875. The van der Waals surface area contributed by atoms with Crippen molar-refractivity contribution in [2.45, 2.75) is 30.5 Å². The molecule has 0 aromatic carbocycles. The Hall–Kier alpha value is -0.0500. The number of carboxylic acid groups (broad SMARTS) is 1. The summed E-state index contributed by atoms with van der Waals surface area (Å²) >= 11 is 3.45. The highest BCUT2D eigenvalue weighted by molar-refractivity contribution is 9.09. The Morgan fingerprint density at radius 2 is 2.27 bits per heavy atom. The van der Waals surface area contributed by atoms with Crippen LogP contribution in [-0.2, 0) is 4.79 Å². The predicted octanol–water partition coefficient (Wildman–Crippen LogP) is 2.02. The summed E-state index contributed by atoms with van der Waals surface area (Å²) in [6.45, 7) is 0. The lowest BCUT2D eigenvalue weighted by atomic mass is 9.89. The van der Waals surface area contributed by atoms with Gasteiger partial charge in [-0.1, -0.05) is 28.8 Å². The summed E-state index contributed by atoms with van der Waals surface area (Å²) in [6.07, 6.45) is 4.28. The smallest absolute Gasteiger partial charge is 0.311 e. The van der Waals surface area contributed by atoms with Gasteiger partial charge in [0, 0.05) is 4.83 Å². The van der Waals surface area contributed by atoms with E-state index in [0.29, 0.717) is 5.92 Å². The van der Waals surface area contributed by atoms with E-state index in [1.165, 1.54) is 6.42 Å². The molecule has 0 amide bonds. The van der Waals surface area contributed by atoms with Gasteiger partial charge in [0.15, 0.2) is 0 Å². The van der Waals surface area contributed by atoms with Gasteiger partial charge in [0.1, 0.15) is 0 Å². The molecule has 11 heavy (non-hydrogen) atoms. The van der Waals surface area contributed by atoms with Crippen LogP contribution in [0, 0.1) is 11.3 Å². The third-order valence-electron chi connectivity index (χ3n) is 3.15. The minimum absolute atomic E-state index is 0.259. The summed E-state index contributed by atoms with van der Waals surface area (Å²) in [7, 11) is 0. The second-order valence-electron chi connectivity index (χ2n) is 3.60. The van der Waals surface area contributed by atoms with Crippen molar-refractivity contribution in [2.75, 3.05) is 0 Å². The standard InChI is InChI=1S/C8H11BrO2/c9-6-5-3-1-2-4-8(5,6)7(10)11/h5-6H,1-4H2,(H,10,11)/t5-,6-,8+/m0/s1. The highest BCUT2D eigenvalue weighted by Crippen LogP contribution is 2.65. The molecule has 2 fully saturated rings. The molecule has 0 unspecified atom stereocenters. The number of fused-ring (bicyclic) bond motifs is 1. The van der Waals surface area contributed by atoms with Crippen LogP contribution in [0.4, 0.5) is 0 Å². The highest BCUT2D eigenvalue weighted by Gasteiger charge is 2.68. The first-order chi connectivity index (χ1) is 5.19. The van der Waals surface area contributed by atoms with Crippen LogP contribution in [0.25, 0.3) is 0 Å². The highest BCUT2D eigenvalue weighted by atomic mass is 79.9. The first kappa shape index (κ1) is 7.59. The maximum absolute atomic E-state index is 10.9. The van der Waals surface area contributed by atoms with Crippen LogP contribution in [0.3, 0.4) is 0 Å². The average molecular weight is 219 g/mol. The van der Waals surface area contributed by atoms with Crippen molar-refractivity contribution in [3.63, 3.8) is 0 Å². The number of hydrogen-bond acceptors (Lipinski definition) is 1. The van der Waals surface area contributed by atoms with Crippen molar-refractivity contribution in [1.82, 2.24) is 0 Å². The van der Waals surface area contributed by atoms with Crippen LogP contribution in [0.1, 0.15) is 25.7 Å². The third kappa shape index (κ3) is 0.805. The van der Waals surface area contributed by atoms with Crippen LogP contribution in [0.2, 0.25) is 0 Å². The van der Waals surface area contributed by atoms with Crippen molar-refractivity contribution in [3.8, 4) is 0 Å². The molecular formula is C8H11BrO2. The number of carboxylic acids is 1. The summed E-state index contributed by atoms with van der Waals surface area (Å²) in [5, 5.41) is 8.98. The van der Waals surface area contributed by atoms with Gasteiger partial charge in [-0.25, -0.2) is 0 Å². The van der Waals surface area contributed by atoms with E-state index in [1.807, 2.05) is 0 Å². The lowest BCUT2D eigenvalue weighted by Gasteiger charge is -2.16. The fourth-order valence-corrected chi connectivity index (χ4v) is 3.71. The molecule has 62 valence electrons. The van der Waals surface area contributed by atoms with Crippen LogP contribution < -0.4 is 0 Å². The molecule has 2 nitrogen and oxygen atoms in total. The van der Waals surface area contributed by atoms with Gasteiger partial charge in [-0.3, -0.25) is 4.79 Å². The molecule has 0 saturated heterocycles. The number of aliphatic carboxylic acids is 1. The topological polar surface area (TPSA) is 37.3 Å². The van der Waals surface area contributed by atoms with E-state index in [-0.39, 0.29) is 10.2 Å². The van der Waals surface area contributed by atoms with Crippen molar-refractivity contribution >= 4 is 21.9 Å². The summed E-state index contributed by atoms with van der Waals surface area (Å²) in [4.78, 5) is 11.2. The van der Waals surface area contributed by atoms with E-state index >= 15 is 0 Å².